The van der Waals surface area contributed by atoms with Crippen molar-refractivity contribution >= 4 is 0 Å². The van der Waals surface area contributed by atoms with Crippen LogP contribution in [-0.2, 0) is 0 Å². The summed E-state index contributed by atoms with van der Waals surface area (Å²) in [5.41, 5.74) is 3.63. The normalized spacial score (nSPS) is 45.0. The van der Waals surface area contributed by atoms with Crippen molar-refractivity contribution in [3.63, 3.8) is 0 Å². The molecule has 1 N–H and O–H groups in total. The van der Waals surface area contributed by atoms with Gasteiger partial charge in [-0.3, -0.25) is 0 Å². The van der Waals surface area contributed by atoms with Gasteiger partial charge in [-0.2, -0.15) is 5.43 Å². The largest absolute Gasteiger partial charge is 0.246 e. The van der Waals surface area contributed by atoms with E-state index in [4.69, 9.17) is 0 Å². The molecule has 0 aromatic rings. The lowest BCUT2D eigenvalue weighted by Gasteiger charge is -2.38. The molecule has 0 bridgehead atoms. The van der Waals surface area contributed by atoms with Crippen molar-refractivity contribution in [3.05, 3.63) is 0 Å². The van der Waals surface area contributed by atoms with Gasteiger partial charge in [0, 0.05) is 25.8 Å². The highest BCUT2D eigenvalue weighted by Gasteiger charge is 2.35. The molecule has 2 saturated heterocycles. The average molecular weight is 155 g/mol. The van der Waals surface area contributed by atoms with E-state index in [9.17, 15) is 0 Å². The van der Waals surface area contributed by atoms with E-state index < -0.39 is 0 Å². The zero-order valence-corrected chi connectivity index (χ0v) is 7.47. The van der Waals surface area contributed by atoms with Crippen molar-refractivity contribution in [3.8, 4) is 0 Å². The minimum atomic E-state index is 0.973. The number of rotatable bonds is 0. The molecule has 1 spiro atoms. The van der Waals surface area contributed by atoms with E-state index in [-0.39, 0.29) is 0 Å². The third kappa shape index (κ3) is 1.42. The number of hydrogen-bond donors (Lipinski definition) is 1. The quantitative estimate of drug-likeness (QED) is 0.517. The molecular weight excluding hydrogens is 136 g/mol. The van der Waals surface area contributed by atoms with E-state index in [2.05, 4.69) is 12.3 Å². The van der Waals surface area contributed by atoms with Crippen molar-refractivity contribution in [2.24, 2.45) is 5.92 Å². The smallest absolute Gasteiger partial charge is 0.0976 e. The first-order chi connectivity index (χ1) is 5.31. The minimum absolute atomic E-state index is 0.973. The standard InChI is InChI=1S/C9H19N2/c1-9-3-7-11(8-4-9)6-2-5-10-11/h9-10H,2-8H2,1H3/q+1. The molecule has 11 heavy (non-hydrogen) atoms. The van der Waals surface area contributed by atoms with Gasteiger partial charge in [-0.05, 0) is 5.92 Å². The molecule has 0 atom stereocenters. The third-order valence-electron chi connectivity index (χ3n) is 3.31. The van der Waals surface area contributed by atoms with Crippen molar-refractivity contribution < 1.29 is 4.59 Å². The minimum Gasteiger partial charge on any atom is -0.246 e. The van der Waals surface area contributed by atoms with Crippen molar-refractivity contribution in [1.82, 2.24) is 5.43 Å². The van der Waals surface area contributed by atoms with Crippen LogP contribution >= 0.6 is 0 Å². The summed E-state index contributed by atoms with van der Waals surface area (Å²) in [7, 11) is 0. The molecule has 0 radical (unpaired) electrons. The first-order valence-corrected chi connectivity index (χ1v) is 4.92. The Kier molecular flexibility index (Phi) is 1.90. The Morgan fingerprint density at radius 1 is 1.18 bits per heavy atom. The van der Waals surface area contributed by atoms with E-state index in [0.29, 0.717) is 0 Å². The summed E-state index contributed by atoms with van der Waals surface area (Å²) >= 11 is 0. The molecule has 64 valence electrons. The van der Waals surface area contributed by atoms with Crippen LogP contribution in [-0.4, -0.2) is 30.8 Å². The Morgan fingerprint density at radius 3 is 2.45 bits per heavy atom. The van der Waals surface area contributed by atoms with E-state index >= 15 is 0 Å². The first-order valence-electron chi connectivity index (χ1n) is 4.92. The maximum Gasteiger partial charge on any atom is 0.0976 e. The highest BCUT2D eigenvalue weighted by molar-refractivity contribution is 4.62. The monoisotopic (exact) mass is 155 g/mol. The zero-order chi connectivity index (χ0) is 7.73. The molecule has 2 nitrogen and oxygen atoms in total. The summed E-state index contributed by atoms with van der Waals surface area (Å²) < 4.78 is 1.24. The molecule has 2 aliphatic rings. The predicted molar refractivity (Wildman–Crippen MR) is 45.9 cm³/mol. The third-order valence-corrected chi connectivity index (χ3v) is 3.31. The Morgan fingerprint density at radius 2 is 1.91 bits per heavy atom. The lowest BCUT2D eigenvalue weighted by Crippen LogP contribution is -2.57. The fraction of sp³-hybridized carbons (Fsp3) is 1.00. The van der Waals surface area contributed by atoms with Gasteiger partial charge in [-0.25, -0.2) is 4.59 Å². The van der Waals surface area contributed by atoms with Gasteiger partial charge in [-0.1, -0.05) is 6.92 Å². The highest BCUT2D eigenvalue weighted by atomic mass is 15.7. The van der Waals surface area contributed by atoms with Crippen LogP contribution in [0.1, 0.15) is 26.2 Å². The Labute approximate surface area is 69.1 Å². The van der Waals surface area contributed by atoms with Crippen molar-refractivity contribution in [1.29, 1.82) is 0 Å². The summed E-state index contributed by atoms with van der Waals surface area (Å²) in [6, 6.07) is 0. The van der Waals surface area contributed by atoms with Gasteiger partial charge < -0.3 is 0 Å². The van der Waals surface area contributed by atoms with Gasteiger partial charge in [-0.15, -0.1) is 0 Å². The molecular formula is C9H19N2+. The van der Waals surface area contributed by atoms with Crippen LogP contribution in [0.2, 0.25) is 0 Å². The van der Waals surface area contributed by atoms with Crippen LogP contribution in [0, 0.1) is 5.92 Å². The summed E-state index contributed by atoms with van der Waals surface area (Å²) in [5.74, 6) is 0.973. The molecule has 0 saturated carbocycles. The van der Waals surface area contributed by atoms with Crippen LogP contribution in [0.25, 0.3) is 0 Å². The van der Waals surface area contributed by atoms with Crippen LogP contribution in [0.5, 0.6) is 0 Å². The average Bonchev–Trinajstić information content (AvgIpc) is 2.45. The van der Waals surface area contributed by atoms with Gasteiger partial charge in [0.25, 0.3) is 0 Å². The van der Waals surface area contributed by atoms with Gasteiger partial charge in [0.1, 0.15) is 0 Å². The summed E-state index contributed by atoms with van der Waals surface area (Å²) in [6.45, 7) is 7.76. The molecule has 2 rings (SSSR count). The lowest BCUT2D eigenvalue weighted by molar-refractivity contribution is -0.962. The highest BCUT2D eigenvalue weighted by Crippen LogP contribution is 2.23. The van der Waals surface area contributed by atoms with Gasteiger partial charge >= 0.3 is 0 Å². The molecule has 2 aliphatic heterocycles. The second-order valence-electron chi connectivity index (χ2n) is 4.26. The van der Waals surface area contributed by atoms with Gasteiger partial charge in [0.05, 0.1) is 19.6 Å². The maximum atomic E-state index is 3.63. The first kappa shape index (κ1) is 7.56. The molecule has 0 aliphatic carbocycles. The summed E-state index contributed by atoms with van der Waals surface area (Å²) in [4.78, 5) is 0. The predicted octanol–water partition coefficient (Wildman–Crippen LogP) is 1.14. The van der Waals surface area contributed by atoms with Crippen molar-refractivity contribution in [2.75, 3.05) is 26.2 Å². The van der Waals surface area contributed by atoms with Crippen LogP contribution < -0.4 is 5.43 Å². The van der Waals surface area contributed by atoms with Crippen LogP contribution in [0.15, 0.2) is 0 Å². The molecule has 0 amide bonds. The zero-order valence-electron chi connectivity index (χ0n) is 7.47. The molecule has 0 unspecified atom stereocenters. The van der Waals surface area contributed by atoms with E-state index in [0.717, 1.165) is 5.92 Å². The maximum absolute atomic E-state index is 3.63. The Hall–Kier alpha value is -0.0800. The Balaban J connectivity index is 1.94. The van der Waals surface area contributed by atoms with E-state index in [1.807, 2.05) is 0 Å². The summed E-state index contributed by atoms with van der Waals surface area (Å²) in [5, 5.41) is 0. The molecule has 2 heterocycles. The lowest BCUT2D eigenvalue weighted by atomic mass is 9.99. The molecule has 2 fully saturated rings. The second-order valence-corrected chi connectivity index (χ2v) is 4.26. The fourth-order valence-electron chi connectivity index (χ4n) is 2.35. The SMILES string of the molecule is CC1CC[N+]2(CCCN2)CC1. The van der Waals surface area contributed by atoms with Crippen LogP contribution in [0.4, 0.5) is 0 Å². The number of hydrogen-bond acceptors (Lipinski definition) is 1. The molecule has 0 aromatic heterocycles. The number of nitrogens with one attached hydrogen (secondary N) is 1. The molecule has 2 heteroatoms. The van der Waals surface area contributed by atoms with Gasteiger partial charge in [0.15, 0.2) is 0 Å². The Bertz CT molecular complexity index is 128. The molecule has 0 aromatic carbocycles. The number of quaternary nitrogens is 1. The fourth-order valence-corrected chi connectivity index (χ4v) is 2.35. The topological polar surface area (TPSA) is 12.0 Å². The van der Waals surface area contributed by atoms with E-state index in [1.54, 1.807) is 0 Å². The van der Waals surface area contributed by atoms with Crippen molar-refractivity contribution in [2.45, 2.75) is 26.2 Å². The number of piperidine rings is 1. The summed E-state index contributed by atoms with van der Waals surface area (Å²) in [6.07, 6.45) is 4.23. The van der Waals surface area contributed by atoms with E-state index in [1.165, 1.54) is 50.0 Å². The van der Waals surface area contributed by atoms with Gasteiger partial charge in [0.2, 0.25) is 0 Å². The number of nitrogens with zero attached hydrogens (tertiary/aromatic N) is 1. The van der Waals surface area contributed by atoms with Crippen LogP contribution in [0.3, 0.4) is 0 Å². The second kappa shape index (κ2) is 2.76.